The summed E-state index contributed by atoms with van der Waals surface area (Å²) in [7, 11) is 1.55. The van der Waals surface area contributed by atoms with Crippen LogP contribution < -0.4 is 5.32 Å². The summed E-state index contributed by atoms with van der Waals surface area (Å²) in [6.07, 6.45) is 28.2. The topological polar surface area (TPSA) is 105 Å². The minimum absolute atomic E-state index is 0.0573. The van der Waals surface area contributed by atoms with Crippen molar-refractivity contribution in [2.45, 2.75) is 148 Å². The van der Waals surface area contributed by atoms with E-state index in [-0.39, 0.29) is 19.1 Å². The van der Waals surface area contributed by atoms with E-state index >= 15 is 0 Å². The number of phosphoric acid groups is 1. The number of rotatable bonds is 30. The molecule has 0 rings (SSSR count). The molecule has 8 nitrogen and oxygen atoms in total. The third-order valence-corrected chi connectivity index (χ3v) is 8.41. The van der Waals surface area contributed by atoms with Crippen molar-refractivity contribution in [2.24, 2.45) is 0 Å². The number of phosphoric ester groups is 1. The Morgan fingerprint density at radius 1 is 0.767 bits per heavy atom. The quantitative estimate of drug-likeness (QED) is 0.0319. The molecule has 9 heteroatoms. The number of nitrogens with one attached hydrogen (secondary N) is 1. The first-order valence-corrected chi connectivity index (χ1v) is 18.7. The van der Waals surface area contributed by atoms with Gasteiger partial charge in [0, 0.05) is 6.42 Å². The maximum atomic E-state index is 12.7. The minimum atomic E-state index is -4.32. The molecule has 3 unspecified atom stereocenters. The SMILES string of the molecule is CCCCCCCC/C=C/CC/C=C/C(O)C(COP(=O)(O)OCC[N+](C)(C)C)NC(=O)CCCCCCCCCCC. The smallest absolute Gasteiger partial charge is 0.387 e. The molecule has 1 amide bonds. The molecule has 3 N–H and O–H groups in total. The molecule has 0 spiro atoms. The van der Waals surface area contributed by atoms with Crippen molar-refractivity contribution < 1.29 is 32.9 Å². The zero-order chi connectivity index (χ0) is 32.2. The van der Waals surface area contributed by atoms with E-state index < -0.39 is 20.0 Å². The number of aliphatic hydroxyl groups is 1. The normalized spacial score (nSPS) is 15.2. The van der Waals surface area contributed by atoms with Crippen LogP contribution in [-0.2, 0) is 18.4 Å². The lowest BCUT2D eigenvalue weighted by Gasteiger charge is -2.25. The van der Waals surface area contributed by atoms with Gasteiger partial charge in [-0.1, -0.05) is 122 Å². The molecule has 0 bridgehead atoms. The van der Waals surface area contributed by atoms with Crippen molar-refractivity contribution in [3.63, 3.8) is 0 Å². The van der Waals surface area contributed by atoms with Crippen molar-refractivity contribution in [3.8, 4) is 0 Å². The Morgan fingerprint density at radius 2 is 1.28 bits per heavy atom. The number of quaternary nitrogens is 1. The van der Waals surface area contributed by atoms with Gasteiger partial charge in [0.25, 0.3) is 0 Å². The van der Waals surface area contributed by atoms with Gasteiger partial charge in [0.15, 0.2) is 0 Å². The molecule has 0 saturated heterocycles. The summed E-state index contributed by atoms with van der Waals surface area (Å²) in [5.41, 5.74) is 0. The Labute approximate surface area is 264 Å². The van der Waals surface area contributed by atoms with E-state index in [1.54, 1.807) is 6.08 Å². The van der Waals surface area contributed by atoms with Crippen LogP contribution in [0.2, 0.25) is 0 Å². The molecule has 0 aromatic carbocycles. The number of likely N-dealkylation sites (N-methyl/N-ethyl adjacent to an activating group) is 1. The van der Waals surface area contributed by atoms with Gasteiger partial charge >= 0.3 is 7.82 Å². The van der Waals surface area contributed by atoms with Crippen LogP contribution in [0.5, 0.6) is 0 Å². The van der Waals surface area contributed by atoms with Crippen molar-refractivity contribution in [2.75, 3.05) is 40.9 Å². The number of unbranched alkanes of at least 4 members (excludes halogenated alkanes) is 15. The largest absolute Gasteiger partial charge is 0.472 e. The molecule has 254 valence electrons. The number of hydrogen-bond acceptors (Lipinski definition) is 5. The van der Waals surface area contributed by atoms with Crippen molar-refractivity contribution in [3.05, 3.63) is 24.3 Å². The monoisotopic (exact) mass is 631 g/mol. The minimum Gasteiger partial charge on any atom is -0.387 e. The van der Waals surface area contributed by atoms with E-state index in [2.05, 4.69) is 31.3 Å². The standard InChI is InChI=1S/C34H67N2O6P/c1-6-8-10-12-14-16-17-18-20-21-23-25-27-33(37)32(31-42-43(39,40)41-30-29-36(3,4)5)35-34(38)28-26-24-22-19-15-13-11-9-7-2/h18,20,25,27,32-33,37H,6-17,19,21-24,26,28-31H2,1-5H3,(H-,35,38,39,40)/p+1/b20-18+,27-25+. The van der Waals surface area contributed by atoms with Crippen LogP contribution >= 0.6 is 7.82 Å². The fraction of sp³-hybridized carbons (Fsp3) is 0.853. The van der Waals surface area contributed by atoms with Gasteiger partial charge < -0.3 is 19.8 Å². The highest BCUT2D eigenvalue weighted by molar-refractivity contribution is 7.47. The first-order valence-electron chi connectivity index (χ1n) is 17.2. The maximum absolute atomic E-state index is 12.7. The van der Waals surface area contributed by atoms with E-state index in [1.165, 1.54) is 77.0 Å². The van der Waals surface area contributed by atoms with E-state index in [1.807, 2.05) is 27.2 Å². The number of nitrogens with zero attached hydrogens (tertiary/aromatic N) is 1. The van der Waals surface area contributed by atoms with Gasteiger partial charge in [-0.15, -0.1) is 0 Å². The Bertz CT molecular complexity index is 768. The highest BCUT2D eigenvalue weighted by Gasteiger charge is 2.27. The Hall–Kier alpha value is -1.02. The average molecular weight is 632 g/mol. The van der Waals surface area contributed by atoms with Crippen molar-refractivity contribution in [1.82, 2.24) is 5.32 Å². The highest BCUT2D eigenvalue weighted by Crippen LogP contribution is 2.43. The molecule has 3 atom stereocenters. The zero-order valence-corrected chi connectivity index (χ0v) is 29.3. The highest BCUT2D eigenvalue weighted by atomic mass is 31.2. The van der Waals surface area contributed by atoms with Crippen LogP contribution in [0.3, 0.4) is 0 Å². The zero-order valence-electron chi connectivity index (χ0n) is 28.4. The molecule has 0 aliphatic heterocycles. The fourth-order valence-electron chi connectivity index (χ4n) is 4.58. The van der Waals surface area contributed by atoms with Crippen LogP contribution in [0.25, 0.3) is 0 Å². The van der Waals surface area contributed by atoms with E-state index in [0.29, 0.717) is 17.4 Å². The molecular weight excluding hydrogens is 563 g/mol. The lowest BCUT2D eigenvalue weighted by atomic mass is 10.1. The Morgan fingerprint density at radius 3 is 1.86 bits per heavy atom. The number of amides is 1. The number of aliphatic hydroxyl groups excluding tert-OH is 1. The van der Waals surface area contributed by atoms with E-state index in [4.69, 9.17) is 9.05 Å². The predicted octanol–water partition coefficient (Wildman–Crippen LogP) is 8.24. The Kier molecular flexibility index (Phi) is 26.7. The van der Waals surface area contributed by atoms with Crippen LogP contribution in [0.4, 0.5) is 0 Å². The van der Waals surface area contributed by atoms with Gasteiger partial charge in [-0.05, 0) is 32.1 Å². The summed E-state index contributed by atoms with van der Waals surface area (Å²) in [6, 6.07) is -0.854. The Balaban J connectivity index is 4.68. The summed E-state index contributed by atoms with van der Waals surface area (Å²) in [6.45, 7) is 4.72. The third kappa shape index (κ3) is 29.5. The number of carbonyl (C=O) groups is 1. The molecular formula is C34H68N2O6P+. The predicted molar refractivity (Wildman–Crippen MR) is 180 cm³/mol. The van der Waals surface area contributed by atoms with Crippen LogP contribution in [0, 0.1) is 0 Å². The lowest BCUT2D eigenvalue weighted by Crippen LogP contribution is -2.45. The molecule has 0 aromatic heterocycles. The van der Waals surface area contributed by atoms with Gasteiger partial charge in [0.05, 0.1) is 39.9 Å². The summed E-state index contributed by atoms with van der Waals surface area (Å²) in [5, 5.41) is 13.6. The number of hydrogen-bond donors (Lipinski definition) is 3. The summed E-state index contributed by atoms with van der Waals surface area (Å²) in [5.74, 6) is -0.194. The number of carbonyl (C=O) groups excluding carboxylic acids is 1. The van der Waals surface area contributed by atoms with Gasteiger partial charge in [-0.25, -0.2) is 4.57 Å². The van der Waals surface area contributed by atoms with Gasteiger partial charge in [0.1, 0.15) is 13.2 Å². The van der Waals surface area contributed by atoms with E-state index in [9.17, 15) is 19.4 Å². The molecule has 0 saturated carbocycles. The molecule has 0 aliphatic rings. The molecule has 0 radical (unpaired) electrons. The second kappa shape index (κ2) is 27.3. The first-order chi connectivity index (χ1) is 20.5. The van der Waals surface area contributed by atoms with Crippen LogP contribution in [-0.4, -0.2) is 73.4 Å². The molecule has 0 aromatic rings. The fourth-order valence-corrected chi connectivity index (χ4v) is 5.32. The van der Waals surface area contributed by atoms with Crippen LogP contribution in [0.1, 0.15) is 136 Å². The molecule has 0 heterocycles. The van der Waals surface area contributed by atoms with Gasteiger partial charge in [0.2, 0.25) is 5.91 Å². The molecule has 43 heavy (non-hydrogen) atoms. The summed E-state index contributed by atoms with van der Waals surface area (Å²) in [4.78, 5) is 22.8. The average Bonchev–Trinajstić information content (AvgIpc) is 2.94. The second-order valence-electron chi connectivity index (χ2n) is 12.9. The van der Waals surface area contributed by atoms with Crippen LogP contribution in [0.15, 0.2) is 24.3 Å². The molecule has 0 fully saturated rings. The maximum Gasteiger partial charge on any atom is 0.472 e. The molecule has 0 aliphatic carbocycles. The third-order valence-electron chi connectivity index (χ3n) is 7.42. The van der Waals surface area contributed by atoms with Crippen molar-refractivity contribution in [1.29, 1.82) is 0 Å². The summed E-state index contributed by atoms with van der Waals surface area (Å²) >= 11 is 0. The second-order valence-corrected chi connectivity index (χ2v) is 14.3. The number of allylic oxidation sites excluding steroid dienone is 3. The van der Waals surface area contributed by atoms with Crippen molar-refractivity contribution >= 4 is 13.7 Å². The first kappa shape index (κ1) is 42.0. The summed E-state index contributed by atoms with van der Waals surface area (Å²) < 4.78 is 23.3. The van der Waals surface area contributed by atoms with Gasteiger partial charge in [-0.3, -0.25) is 13.8 Å². The lowest BCUT2D eigenvalue weighted by molar-refractivity contribution is -0.870. The van der Waals surface area contributed by atoms with E-state index in [0.717, 1.165) is 38.5 Å². The van der Waals surface area contributed by atoms with Gasteiger partial charge in [-0.2, -0.15) is 0 Å².